The Morgan fingerprint density at radius 3 is 2.24 bits per heavy atom. The van der Waals surface area contributed by atoms with Crippen molar-refractivity contribution in [3.05, 3.63) is 0 Å². The molecule has 0 aromatic heterocycles. The van der Waals surface area contributed by atoms with Crippen molar-refractivity contribution in [3.8, 4) is 0 Å². The number of rotatable bonds is 7. The van der Waals surface area contributed by atoms with Crippen molar-refractivity contribution in [2.75, 3.05) is 32.7 Å². The number of hydrogen-bond acceptors (Lipinski definition) is 4. The Kier molecular flexibility index (Phi) is 7.10. The van der Waals surface area contributed by atoms with Crippen molar-refractivity contribution in [2.24, 2.45) is 11.7 Å². The van der Waals surface area contributed by atoms with Gasteiger partial charge >= 0.3 is 0 Å². The van der Waals surface area contributed by atoms with E-state index < -0.39 is 5.60 Å². The van der Waals surface area contributed by atoms with Crippen LogP contribution in [0.25, 0.3) is 0 Å². The zero-order valence-corrected chi connectivity index (χ0v) is 14.1. The van der Waals surface area contributed by atoms with Gasteiger partial charge in [-0.05, 0) is 33.6 Å². The smallest absolute Gasteiger partial charge is 0.225 e. The first kappa shape index (κ1) is 18.4. The SMILES string of the molecule is CC(N)CCCC(C)C(=O)N1CCN(CC(C)(C)O)CC1. The molecule has 5 heteroatoms. The third-order valence-corrected chi connectivity index (χ3v) is 4.01. The van der Waals surface area contributed by atoms with Gasteiger partial charge in [-0.25, -0.2) is 0 Å². The van der Waals surface area contributed by atoms with Gasteiger partial charge in [0.2, 0.25) is 5.91 Å². The van der Waals surface area contributed by atoms with Crippen LogP contribution in [-0.4, -0.2) is 65.2 Å². The lowest BCUT2D eigenvalue weighted by molar-refractivity contribution is -0.137. The molecule has 0 aromatic carbocycles. The predicted molar refractivity (Wildman–Crippen MR) is 86.0 cm³/mol. The standard InChI is InChI=1S/C16H33N3O2/c1-13(6-5-7-14(2)17)15(20)19-10-8-18(9-11-19)12-16(3,4)21/h13-14,21H,5-12,17H2,1-4H3. The highest BCUT2D eigenvalue weighted by molar-refractivity contribution is 5.78. The van der Waals surface area contributed by atoms with Crippen LogP contribution in [0.3, 0.4) is 0 Å². The van der Waals surface area contributed by atoms with Crippen molar-refractivity contribution in [3.63, 3.8) is 0 Å². The van der Waals surface area contributed by atoms with Crippen LogP contribution in [0.4, 0.5) is 0 Å². The minimum absolute atomic E-state index is 0.0876. The lowest BCUT2D eigenvalue weighted by Gasteiger charge is -2.38. The number of nitrogens with two attached hydrogens (primary N) is 1. The molecule has 1 heterocycles. The molecule has 3 N–H and O–H groups in total. The molecule has 0 bridgehead atoms. The van der Waals surface area contributed by atoms with E-state index in [1.54, 1.807) is 0 Å². The molecule has 1 aliphatic rings. The first-order chi connectivity index (χ1) is 9.69. The Bertz CT molecular complexity index is 318. The molecule has 0 aromatic rings. The summed E-state index contributed by atoms with van der Waals surface area (Å²) in [7, 11) is 0. The van der Waals surface area contributed by atoms with Gasteiger partial charge in [-0.1, -0.05) is 13.3 Å². The second-order valence-corrected chi connectivity index (χ2v) is 7.22. The number of β-amino-alcohol motifs (C(OH)–C–C–N with tert-alkyl or cyclic N) is 1. The van der Waals surface area contributed by atoms with Crippen LogP contribution >= 0.6 is 0 Å². The topological polar surface area (TPSA) is 69.8 Å². The van der Waals surface area contributed by atoms with Crippen LogP contribution in [-0.2, 0) is 4.79 Å². The Morgan fingerprint density at radius 1 is 1.19 bits per heavy atom. The molecule has 1 amide bonds. The van der Waals surface area contributed by atoms with Crippen molar-refractivity contribution in [2.45, 2.75) is 58.6 Å². The van der Waals surface area contributed by atoms with E-state index in [1.807, 2.05) is 32.6 Å². The highest BCUT2D eigenvalue weighted by Crippen LogP contribution is 2.15. The highest BCUT2D eigenvalue weighted by Gasteiger charge is 2.27. The molecule has 1 rings (SSSR count). The van der Waals surface area contributed by atoms with Gasteiger partial charge in [0.1, 0.15) is 0 Å². The van der Waals surface area contributed by atoms with Crippen LogP contribution < -0.4 is 5.73 Å². The molecule has 0 aliphatic carbocycles. The third-order valence-electron chi connectivity index (χ3n) is 4.01. The minimum Gasteiger partial charge on any atom is -0.389 e. The van der Waals surface area contributed by atoms with E-state index in [2.05, 4.69) is 4.90 Å². The molecule has 1 aliphatic heterocycles. The summed E-state index contributed by atoms with van der Waals surface area (Å²) in [5, 5.41) is 9.84. The van der Waals surface area contributed by atoms with E-state index >= 15 is 0 Å². The Morgan fingerprint density at radius 2 is 1.76 bits per heavy atom. The Hall–Kier alpha value is -0.650. The van der Waals surface area contributed by atoms with Gasteiger partial charge in [-0.3, -0.25) is 9.69 Å². The average Bonchev–Trinajstić information content (AvgIpc) is 2.36. The van der Waals surface area contributed by atoms with E-state index in [9.17, 15) is 9.90 Å². The Labute approximate surface area is 129 Å². The van der Waals surface area contributed by atoms with E-state index in [0.29, 0.717) is 6.54 Å². The zero-order chi connectivity index (χ0) is 16.0. The minimum atomic E-state index is -0.668. The maximum Gasteiger partial charge on any atom is 0.225 e. The van der Waals surface area contributed by atoms with Crippen LogP contribution in [0.1, 0.15) is 47.0 Å². The summed E-state index contributed by atoms with van der Waals surface area (Å²) in [6, 6.07) is 0.220. The lowest BCUT2D eigenvalue weighted by atomic mass is 10.0. The molecular weight excluding hydrogens is 266 g/mol. The summed E-state index contributed by atoms with van der Waals surface area (Å²) in [5.74, 6) is 0.354. The lowest BCUT2D eigenvalue weighted by Crippen LogP contribution is -2.52. The van der Waals surface area contributed by atoms with E-state index in [4.69, 9.17) is 5.73 Å². The molecule has 1 saturated heterocycles. The zero-order valence-electron chi connectivity index (χ0n) is 14.1. The van der Waals surface area contributed by atoms with E-state index in [-0.39, 0.29) is 17.9 Å². The van der Waals surface area contributed by atoms with Crippen molar-refractivity contribution >= 4 is 5.91 Å². The first-order valence-corrected chi connectivity index (χ1v) is 8.18. The van der Waals surface area contributed by atoms with Gasteiger partial charge in [0.25, 0.3) is 0 Å². The summed E-state index contributed by atoms with van der Waals surface area (Å²) in [5.41, 5.74) is 5.07. The molecular formula is C16H33N3O2. The first-order valence-electron chi connectivity index (χ1n) is 8.18. The summed E-state index contributed by atoms with van der Waals surface area (Å²) in [6.07, 6.45) is 2.92. The third kappa shape index (κ3) is 7.25. The van der Waals surface area contributed by atoms with Gasteiger partial charge in [0, 0.05) is 44.7 Å². The molecule has 0 radical (unpaired) electrons. The van der Waals surface area contributed by atoms with Crippen LogP contribution in [0.5, 0.6) is 0 Å². The van der Waals surface area contributed by atoms with E-state index in [0.717, 1.165) is 45.4 Å². The molecule has 5 nitrogen and oxygen atoms in total. The summed E-state index contributed by atoms with van der Waals surface area (Å²) in [4.78, 5) is 16.6. The average molecular weight is 299 g/mol. The number of piperazine rings is 1. The number of carbonyl (C=O) groups is 1. The molecule has 1 fully saturated rings. The Balaban J connectivity index is 2.31. The number of hydrogen-bond donors (Lipinski definition) is 2. The van der Waals surface area contributed by atoms with Gasteiger partial charge in [0.05, 0.1) is 5.60 Å². The normalized spacial score (nSPS) is 20.4. The van der Waals surface area contributed by atoms with Crippen LogP contribution in [0.2, 0.25) is 0 Å². The fraction of sp³-hybridized carbons (Fsp3) is 0.938. The second-order valence-electron chi connectivity index (χ2n) is 7.22. The fourth-order valence-electron chi connectivity index (χ4n) is 2.85. The molecule has 2 atom stereocenters. The second kappa shape index (κ2) is 8.11. The predicted octanol–water partition coefficient (Wildman–Crippen LogP) is 1.06. The van der Waals surface area contributed by atoms with Gasteiger partial charge < -0.3 is 15.7 Å². The molecule has 21 heavy (non-hydrogen) atoms. The number of aliphatic hydroxyl groups is 1. The van der Waals surface area contributed by atoms with Crippen LogP contribution in [0.15, 0.2) is 0 Å². The summed E-state index contributed by atoms with van der Waals surface area (Å²) < 4.78 is 0. The van der Waals surface area contributed by atoms with Gasteiger partial charge in [-0.2, -0.15) is 0 Å². The monoisotopic (exact) mass is 299 g/mol. The maximum atomic E-state index is 12.4. The summed E-state index contributed by atoms with van der Waals surface area (Å²) >= 11 is 0. The number of amides is 1. The van der Waals surface area contributed by atoms with Crippen LogP contribution in [0, 0.1) is 5.92 Å². The quantitative estimate of drug-likeness (QED) is 0.737. The van der Waals surface area contributed by atoms with E-state index in [1.165, 1.54) is 0 Å². The number of carbonyl (C=O) groups excluding carboxylic acids is 1. The van der Waals surface area contributed by atoms with Gasteiger partial charge in [-0.15, -0.1) is 0 Å². The fourth-order valence-corrected chi connectivity index (χ4v) is 2.85. The maximum absolute atomic E-state index is 12.4. The van der Waals surface area contributed by atoms with Crippen molar-refractivity contribution in [1.29, 1.82) is 0 Å². The molecule has 0 spiro atoms. The summed E-state index contributed by atoms with van der Waals surface area (Å²) in [6.45, 7) is 11.6. The largest absolute Gasteiger partial charge is 0.389 e. The van der Waals surface area contributed by atoms with Gasteiger partial charge in [0.15, 0.2) is 0 Å². The number of nitrogens with zero attached hydrogens (tertiary/aromatic N) is 2. The molecule has 124 valence electrons. The van der Waals surface area contributed by atoms with Crippen molar-refractivity contribution in [1.82, 2.24) is 9.80 Å². The molecule has 0 saturated carbocycles. The highest BCUT2D eigenvalue weighted by atomic mass is 16.3. The van der Waals surface area contributed by atoms with Crippen molar-refractivity contribution < 1.29 is 9.90 Å². The molecule has 2 unspecified atom stereocenters.